The van der Waals surface area contributed by atoms with Gasteiger partial charge in [0.2, 0.25) is 0 Å². The van der Waals surface area contributed by atoms with Gasteiger partial charge in [-0.25, -0.2) is 0 Å². The molecule has 0 amide bonds. The third-order valence-electron chi connectivity index (χ3n) is 3.05. The molecule has 1 aromatic carbocycles. The van der Waals surface area contributed by atoms with Gasteiger partial charge >= 0.3 is 0 Å². The van der Waals surface area contributed by atoms with Crippen LogP contribution >= 0.6 is 0 Å². The average Bonchev–Trinajstić information content (AvgIpc) is 2.46. The average molecular weight is 281 g/mol. The number of nitriles is 1. The maximum absolute atomic E-state index is 9.26. The van der Waals surface area contributed by atoms with Gasteiger partial charge in [0.05, 0.1) is 23.6 Å². The molecule has 0 aliphatic carbocycles. The number of hydrogen-bond donors (Lipinski definition) is 1. The van der Waals surface area contributed by atoms with Gasteiger partial charge in [0.15, 0.2) is 0 Å². The van der Waals surface area contributed by atoms with Crippen molar-refractivity contribution in [1.29, 1.82) is 5.26 Å². The minimum absolute atomic E-state index is 0.576. The SMILES string of the molecule is CCCOc1ccc(Nc2cc(C)nc(C)c2C#N)cc1. The van der Waals surface area contributed by atoms with E-state index in [-0.39, 0.29) is 0 Å². The summed E-state index contributed by atoms with van der Waals surface area (Å²) >= 11 is 0. The van der Waals surface area contributed by atoms with E-state index in [0.29, 0.717) is 12.2 Å². The van der Waals surface area contributed by atoms with E-state index < -0.39 is 0 Å². The molecule has 0 aliphatic heterocycles. The zero-order chi connectivity index (χ0) is 15.2. The Morgan fingerprint density at radius 1 is 1.24 bits per heavy atom. The highest BCUT2D eigenvalue weighted by atomic mass is 16.5. The lowest BCUT2D eigenvalue weighted by molar-refractivity contribution is 0.317. The molecule has 0 radical (unpaired) electrons. The summed E-state index contributed by atoms with van der Waals surface area (Å²) in [5.74, 6) is 0.852. The standard InChI is InChI=1S/C17H19N3O/c1-4-9-21-15-7-5-14(6-8-15)20-17-10-12(2)19-13(3)16(17)11-18/h5-8,10H,4,9H2,1-3H3,(H,19,20). The summed E-state index contributed by atoms with van der Waals surface area (Å²) in [4.78, 5) is 4.31. The fraction of sp³-hybridized carbons (Fsp3) is 0.294. The number of hydrogen-bond acceptors (Lipinski definition) is 4. The molecule has 1 aromatic heterocycles. The molecule has 4 nitrogen and oxygen atoms in total. The quantitative estimate of drug-likeness (QED) is 0.896. The maximum Gasteiger partial charge on any atom is 0.119 e. The lowest BCUT2D eigenvalue weighted by Gasteiger charge is -2.11. The molecular formula is C17H19N3O. The van der Waals surface area contributed by atoms with Crippen molar-refractivity contribution in [3.63, 3.8) is 0 Å². The van der Waals surface area contributed by atoms with Crippen LogP contribution in [-0.4, -0.2) is 11.6 Å². The first-order valence-corrected chi connectivity index (χ1v) is 7.02. The second-order valence-electron chi connectivity index (χ2n) is 4.88. The molecule has 0 unspecified atom stereocenters. The number of nitrogens with zero attached hydrogens (tertiary/aromatic N) is 2. The van der Waals surface area contributed by atoms with Crippen molar-refractivity contribution in [3.05, 3.63) is 47.3 Å². The first-order chi connectivity index (χ1) is 10.1. The van der Waals surface area contributed by atoms with Gasteiger partial charge in [-0.1, -0.05) is 6.92 Å². The third kappa shape index (κ3) is 3.73. The van der Waals surface area contributed by atoms with Gasteiger partial charge in [0, 0.05) is 11.4 Å². The lowest BCUT2D eigenvalue weighted by Crippen LogP contribution is -2.00. The van der Waals surface area contributed by atoms with E-state index in [1.807, 2.05) is 44.2 Å². The van der Waals surface area contributed by atoms with Crippen LogP contribution in [0.4, 0.5) is 11.4 Å². The molecule has 1 N–H and O–H groups in total. The largest absolute Gasteiger partial charge is 0.494 e. The van der Waals surface area contributed by atoms with E-state index in [4.69, 9.17) is 4.74 Å². The van der Waals surface area contributed by atoms with Gasteiger partial charge in [-0.15, -0.1) is 0 Å². The summed E-state index contributed by atoms with van der Waals surface area (Å²) in [6, 6.07) is 11.8. The minimum Gasteiger partial charge on any atom is -0.494 e. The Morgan fingerprint density at radius 3 is 2.57 bits per heavy atom. The van der Waals surface area contributed by atoms with Crippen molar-refractivity contribution >= 4 is 11.4 Å². The summed E-state index contributed by atoms with van der Waals surface area (Å²) in [5, 5.41) is 12.5. The summed E-state index contributed by atoms with van der Waals surface area (Å²) in [6.45, 7) is 6.56. The molecular weight excluding hydrogens is 262 g/mol. The number of ether oxygens (including phenoxy) is 1. The first-order valence-electron chi connectivity index (χ1n) is 7.02. The number of nitrogens with one attached hydrogen (secondary N) is 1. The molecule has 2 rings (SSSR count). The lowest BCUT2D eigenvalue weighted by atomic mass is 10.1. The van der Waals surface area contributed by atoms with Crippen LogP contribution in [-0.2, 0) is 0 Å². The molecule has 0 saturated carbocycles. The minimum atomic E-state index is 0.576. The molecule has 1 heterocycles. The molecule has 0 saturated heterocycles. The normalized spacial score (nSPS) is 10.0. The van der Waals surface area contributed by atoms with Crippen LogP contribution in [0.15, 0.2) is 30.3 Å². The van der Waals surface area contributed by atoms with Gasteiger partial charge in [-0.2, -0.15) is 5.26 Å². The van der Waals surface area contributed by atoms with Crippen molar-refractivity contribution in [2.75, 3.05) is 11.9 Å². The smallest absolute Gasteiger partial charge is 0.119 e. The molecule has 0 bridgehead atoms. The highest BCUT2D eigenvalue weighted by Crippen LogP contribution is 2.24. The number of pyridine rings is 1. The number of anilines is 2. The Kier molecular flexibility index (Phi) is 4.78. The molecule has 0 fully saturated rings. The molecule has 0 spiro atoms. The van der Waals surface area contributed by atoms with E-state index in [1.165, 1.54) is 0 Å². The van der Waals surface area contributed by atoms with Crippen molar-refractivity contribution in [2.45, 2.75) is 27.2 Å². The first kappa shape index (κ1) is 14.9. The van der Waals surface area contributed by atoms with Crippen LogP contribution in [0.1, 0.15) is 30.3 Å². The van der Waals surface area contributed by atoms with Gasteiger partial charge in [-0.05, 0) is 50.6 Å². The summed E-state index contributed by atoms with van der Waals surface area (Å²) < 4.78 is 5.55. The van der Waals surface area contributed by atoms with Crippen LogP contribution in [0.2, 0.25) is 0 Å². The van der Waals surface area contributed by atoms with E-state index in [2.05, 4.69) is 23.3 Å². The predicted octanol–water partition coefficient (Wildman–Crippen LogP) is 4.10. The van der Waals surface area contributed by atoms with Crippen LogP contribution in [0, 0.1) is 25.2 Å². The molecule has 2 aromatic rings. The van der Waals surface area contributed by atoms with E-state index in [9.17, 15) is 5.26 Å². The fourth-order valence-electron chi connectivity index (χ4n) is 2.08. The zero-order valence-corrected chi connectivity index (χ0v) is 12.6. The number of aromatic nitrogens is 1. The maximum atomic E-state index is 9.26. The van der Waals surface area contributed by atoms with Crippen LogP contribution in [0.25, 0.3) is 0 Å². The number of rotatable bonds is 5. The van der Waals surface area contributed by atoms with Gasteiger partial charge in [0.1, 0.15) is 11.8 Å². The Hall–Kier alpha value is -2.54. The summed E-state index contributed by atoms with van der Waals surface area (Å²) in [6.07, 6.45) is 0.987. The topological polar surface area (TPSA) is 57.9 Å². The monoisotopic (exact) mass is 281 g/mol. The Bertz CT molecular complexity index is 657. The summed E-state index contributed by atoms with van der Waals surface area (Å²) in [7, 11) is 0. The van der Waals surface area contributed by atoms with E-state index in [0.717, 1.165) is 34.9 Å². The van der Waals surface area contributed by atoms with Crippen molar-refractivity contribution in [3.8, 4) is 11.8 Å². The zero-order valence-electron chi connectivity index (χ0n) is 12.6. The van der Waals surface area contributed by atoms with Gasteiger partial charge < -0.3 is 10.1 Å². The van der Waals surface area contributed by atoms with Gasteiger partial charge in [0.25, 0.3) is 0 Å². The highest BCUT2D eigenvalue weighted by Gasteiger charge is 2.08. The Labute approximate surface area is 125 Å². The third-order valence-corrected chi connectivity index (χ3v) is 3.05. The molecule has 0 aliphatic rings. The number of benzene rings is 1. The molecule has 4 heteroatoms. The molecule has 21 heavy (non-hydrogen) atoms. The number of aryl methyl sites for hydroxylation is 2. The van der Waals surface area contributed by atoms with E-state index in [1.54, 1.807) is 0 Å². The summed E-state index contributed by atoms with van der Waals surface area (Å²) in [5.41, 5.74) is 3.90. The van der Waals surface area contributed by atoms with Crippen LogP contribution in [0.3, 0.4) is 0 Å². The highest BCUT2D eigenvalue weighted by molar-refractivity contribution is 5.68. The van der Waals surface area contributed by atoms with Crippen LogP contribution < -0.4 is 10.1 Å². The molecule has 108 valence electrons. The van der Waals surface area contributed by atoms with Crippen LogP contribution in [0.5, 0.6) is 5.75 Å². The second-order valence-corrected chi connectivity index (χ2v) is 4.88. The van der Waals surface area contributed by atoms with Crippen molar-refractivity contribution in [1.82, 2.24) is 4.98 Å². The van der Waals surface area contributed by atoms with Crippen molar-refractivity contribution in [2.24, 2.45) is 0 Å². The molecule has 0 atom stereocenters. The second kappa shape index (κ2) is 6.76. The predicted molar refractivity (Wildman–Crippen MR) is 83.9 cm³/mol. The Morgan fingerprint density at radius 2 is 1.95 bits per heavy atom. The van der Waals surface area contributed by atoms with E-state index >= 15 is 0 Å². The Balaban J connectivity index is 2.20. The van der Waals surface area contributed by atoms with Crippen molar-refractivity contribution < 1.29 is 4.74 Å². The van der Waals surface area contributed by atoms with Gasteiger partial charge in [-0.3, -0.25) is 4.98 Å². The fourth-order valence-corrected chi connectivity index (χ4v) is 2.08.